The summed E-state index contributed by atoms with van der Waals surface area (Å²) in [6, 6.07) is 0. The van der Waals surface area contributed by atoms with E-state index in [9.17, 15) is 0 Å². The first kappa shape index (κ1) is 29.4. The third-order valence-electron chi connectivity index (χ3n) is 0. The lowest BCUT2D eigenvalue weighted by Crippen LogP contribution is -1.55. The van der Waals surface area contributed by atoms with Crippen molar-refractivity contribution in [3.63, 3.8) is 0 Å². The van der Waals surface area contributed by atoms with Gasteiger partial charge in [0, 0.05) is 28.4 Å². The van der Waals surface area contributed by atoms with E-state index in [1.54, 1.807) is 26.4 Å². The number of hydrogen-bond donors (Lipinski definition) is 2. The molecule has 0 atom stereocenters. The van der Waals surface area contributed by atoms with Crippen LogP contribution in [0.3, 0.4) is 0 Å². The molecule has 0 aromatic heterocycles. The molecule has 0 aliphatic heterocycles. The predicted molar refractivity (Wildman–Crippen MR) is 61.0 cm³/mol. The maximum absolute atomic E-state index is 7.00. The van der Waals surface area contributed by atoms with Crippen molar-refractivity contribution in [2.45, 2.75) is 13.8 Å². The van der Waals surface area contributed by atoms with Gasteiger partial charge in [-0.3, -0.25) is 0 Å². The Morgan fingerprint density at radius 3 is 0.846 bits per heavy atom. The number of methoxy groups -OCH3 is 1. The molecule has 0 saturated carbocycles. The van der Waals surface area contributed by atoms with E-state index in [1.165, 1.54) is 0 Å². The number of hydrogen-bond acceptors (Lipinski definition) is 3. The van der Waals surface area contributed by atoms with Gasteiger partial charge in [0.25, 0.3) is 0 Å². The SMILES string of the molecule is C=CC.C=CC.CO.CO.COC. The van der Waals surface area contributed by atoms with Crippen LogP contribution in [0.15, 0.2) is 25.3 Å². The molecule has 2 N–H and O–H groups in total. The monoisotopic (exact) mass is 194 g/mol. The minimum absolute atomic E-state index is 1.00. The molecule has 0 saturated heterocycles. The lowest BCUT2D eigenvalue weighted by Gasteiger charge is -1.61. The summed E-state index contributed by atoms with van der Waals surface area (Å²) in [6.45, 7) is 10.5. The highest BCUT2D eigenvalue weighted by Crippen LogP contribution is 1.38. The molecule has 0 unspecified atom stereocenters. The van der Waals surface area contributed by atoms with Crippen LogP contribution in [-0.4, -0.2) is 38.7 Å². The van der Waals surface area contributed by atoms with Gasteiger partial charge in [0.1, 0.15) is 0 Å². The molecule has 0 aliphatic rings. The fourth-order valence-corrected chi connectivity index (χ4v) is 0. The van der Waals surface area contributed by atoms with Gasteiger partial charge in [-0.15, -0.1) is 13.2 Å². The fourth-order valence-electron chi connectivity index (χ4n) is 0. The van der Waals surface area contributed by atoms with Crippen molar-refractivity contribution in [1.29, 1.82) is 0 Å². The van der Waals surface area contributed by atoms with Gasteiger partial charge in [-0.2, -0.15) is 0 Å². The quantitative estimate of drug-likeness (QED) is 0.579. The second-order valence-corrected chi connectivity index (χ2v) is 1.22. The summed E-state index contributed by atoms with van der Waals surface area (Å²) in [5, 5.41) is 14.0. The first-order valence-corrected chi connectivity index (χ1v) is 3.68. The predicted octanol–water partition coefficient (Wildman–Crippen LogP) is 1.86. The molecule has 0 aromatic carbocycles. The van der Waals surface area contributed by atoms with E-state index in [-0.39, 0.29) is 0 Å². The molecule has 0 amide bonds. The maximum atomic E-state index is 7.00. The van der Waals surface area contributed by atoms with Crippen LogP contribution in [-0.2, 0) is 4.74 Å². The summed E-state index contributed by atoms with van der Waals surface area (Å²) in [4.78, 5) is 0. The van der Waals surface area contributed by atoms with Gasteiger partial charge in [-0.25, -0.2) is 0 Å². The Morgan fingerprint density at radius 2 is 0.846 bits per heavy atom. The van der Waals surface area contributed by atoms with Gasteiger partial charge in [-0.05, 0) is 13.8 Å². The third-order valence-corrected chi connectivity index (χ3v) is 0. The Balaban J connectivity index is -0.0000000208. The van der Waals surface area contributed by atoms with E-state index >= 15 is 0 Å². The van der Waals surface area contributed by atoms with Gasteiger partial charge >= 0.3 is 0 Å². The Bertz CT molecular complexity index is 39.4. The maximum Gasteiger partial charge on any atom is 0.0351 e. The average Bonchev–Trinajstić information content (AvgIpc) is 2.14. The summed E-state index contributed by atoms with van der Waals surface area (Å²) in [6.07, 6.45) is 3.50. The molecular formula is C10H26O3. The molecule has 13 heavy (non-hydrogen) atoms. The highest BCUT2D eigenvalue weighted by atomic mass is 16.4. The van der Waals surface area contributed by atoms with E-state index in [1.807, 2.05) is 13.8 Å². The molecule has 0 fully saturated rings. The Morgan fingerprint density at radius 1 is 0.846 bits per heavy atom. The first-order valence-electron chi connectivity index (χ1n) is 3.68. The number of allylic oxidation sites excluding steroid dienone is 2. The molecule has 0 radical (unpaired) electrons. The molecule has 0 aromatic rings. The molecule has 0 heterocycles. The standard InChI is InChI=1S/2C3H6.C2H6O.2CH4O/c3*1-3-2;2*1-2/h2*3H,1H2,2H3;1-2H3;2*2H,1H3. The van der Waals surface area contributed by atoms with Crippen LogP contribution in [0, 0.1) is 0 Å². The number of rotatable bonds is 0. The summed E-state index contributed by atoms with van der Waals surface area (Å²) in [7, 11) is 5.25. The van der Waals surface area contributed by atoms with Crippen LogP contribution in [0.2, 0.25) is 0 Å². The summed E-state index contributed by atoms with van der Waals surface area (Å²) >= 11 is 0. The second-order valence-electron chi connectivity index (χ2n) is 1.22. The van der Waals surface area contributed by atoms with E-state index in [2.05, 4.69) is 17.9 Å². The Hall–Kier alpha value is -0.640. The van der Waals surface area contributed by atoms with Crippen LogP contribution < -0.4 is 0 Å². The first-order chi connectivity index (χ1) is 6.24. The number of aliphatic hydroxyl groups is 2. The Kier molecular flexibility index (Phi) is 496. The molecule has 3 nitrogen and oxygen atoms in total. The molecule has 0 rings (SSSR count). The van der Waals surface area contributed by atoms with E-state index in [0.29, 0.717) is 0 Å². The highest BCUT2D eigenvalue weighted by Gasteiger charge is 1.25. The van der Waals surface area contributed by atoms with Gasteiger partial charge in [0.05, 0.1) is 0 Å². The highest BCUT2D eigenvalue weighted by molar-refractivity contribution is 4.51. The van der Waals surface area contributed by atoms with Crippen molar-refractivity contribution in [1.82, 2.24) is 0 Å². The minimum atomic E-state index is 1.00. The van der Waals surface area contributed by atoms with Crippen LogP contribution >= 0.6 is 0 Å². The van der Waals surface area contributed by atoms with Crippen molar-refractivity contribution >= 4 is 0 Å². The lowest BCUT2D eigenvalue weighted by molar-refractivity contribution is 0.277. The number of aliphatic hydroxyl groups excluding tert-OH is 2. The largest absolute Gasteiger partial charge is 0.400 e. The van der Waals surface area contributed by atoms with Crippen LogP contribution in [0.1, 0.15) is 13.8 Å². The number of ether oxygens (including phenoxy) is 1. The van der Waals surface area contributed by atoms with Gasteiger partial charge < -0.3 is 14.9 Å². The average molecular weight is 194 g/mol. The van der Waals surface area contributed by atoms with Crippen molar-refractivity contribution < 1.29 is 14.9 Å². The molecule has 0 aliphatic carbocycles. The van der Waals surface area contributed by atoms with Gasteiger partial charge in [-0.1, -0.05) is 12.2 Å². The molecule has 0 bridgehead atoms. The smallest absolute Gasteiger partial charge is 0.0351 e. The van der Waals surface area contributed by atoms with E-state index in [0.717, 1.165) is 14.2 Å². The molecule has 84 valence electrons. The summed E-state index contributed by atoms with van der Waals surface area (Å²) in [5.74, 6) is 0. The normalized spacial score (nSPS) is 4.31. The zero-order valence-corrected chi connectivity index (χ0v) is 9.87. The van der Waals surface area contributed by atoms with E-state index in [4.69, 9.17) is 10.2 Å². The topological polar surface area (TPSA) is 49.7 Å². The van der Waals surface area contributed by atoms with Crippen molar-refractivity contribution in [2.24, 2.45) is 0 Å². The van der Waals surface area contributed by atoms with Crippen LogP contribution in [0.25, 0.3) is 0 Å². The molecule has 3 heteroatoms. The van der Waals surface area contributed by atoms with Crippen molar-refractivity contribution in [2.75, 3.05) is 28.4 Å². The Labute approximate surface area is 83.4 Å². The van der Waals surface area contributed by atoms with Crippen molar-refractivity contribution in [3.8, 4) is 0 Å². The summed E-state index contributed by atoms with van der Waals surface area (Å²) in [5.41, 5.74) is 0. The van der Waals surface area contributed by atoms with Crippen LogP contribution in [0.5, 0.6) is 0 Å². The second kappa shape index (κ2) is 219. The van der Waals surface area contributed by atoms with E-state index < -0.39 is 0 Å². The van der Waals surface area contributed by atoms with Crippen LogP contribution in [0.4, 0.5) is 0 Å². The molecular weight excluding hydrogens is 168 g/mol. The van der Waals surface area contributed by atoms with Crippen molar-refractivity contribution in [3.05, 3.63) is 25.3 Å². The molecule has 0 spiro atoms. The zero-order chi connectivity index (χ0) is 12.1. The fraction of sp³-hybridized carbons (Fsp3) is 0.600. The lowest BCUT2D eigenvalue weighted by atomic mass is 10.8. The van der Waals surface area contributed by atoms with Gasteiger partial charge in [0.2, 0.25) is 0 Å². The minimum Gasteiger partial charge on any atom is -0.400 e. The third kappa shape index (κ3) is 2430. The zero-order valence-electron chi connectivity index (χ0n) is 9.87. The van der Waals surface area contributed by atoms with Gasteiger partial charge in [0.15, 0.2) is 0 Å². The summed E-state index contributed by atoms with van der Waals surface area (Å²) < 4.78 is 4.25.